The molecule has 144 valence electrons. The van der Waals surface area contributed by atoms with E-state index in [4.69, 9.17) is 10.5 Å². The van der Waals surface area contributed by atoms with Crippen molar-refractivity contribution in [2.75, 3.05) is 32.5 Å². The summed E-state index contributed by atoms with van der Waals surface area (Å²) in [6.07, 6.45) is 3.88. The predicted molar refractivity (Wildman–Crippen MR) is 104 cm³/mol. The molecule has 3 rings (SSSR count). The third-order valence-corrected chi connectivity index (χ3v) is 4.80. The van der Waals surface area contributed by atoms with Crippen LogP contribution in [-0.4, -0.2) is 58.5 Å². The third-order valence-electron chi connectivity index (χ3n) is 4.80. The molecule has 7 heteroatoms. The van der Waals surface area contributed by atoms with Crippen molar-refractivity contribution < 1.29 is 9.53 Å². The highest BCUT2D eigenvalue weighted by molar-refractivity contribution is 5.76. The van der Waals surface area contributed by atoms with Crippen molar-refractivity contribution >= 4 is 11.7 Å². The Bertz CT molecular complexity index is 740. The van der Waals surface area contributed by atoms with E-state index in [2.05, 4.69) is 14.9 Å². The number of para-hydroxylation sites is 1. The molecule has 0 aliphatic carbocycles. The Morgan fingerprint density at radius 1 is 1.33 bits per heavy atom. The first kappa shape index (κ1) is 19.1. The fourth-order valence-corrected chi connectivity index (χ4v) is 3.26. The first-order valence-electron chi connectivity index (χ1n) is 9.35. The molecule has 1 fully saturated rings. The van der Waals surface area contributed by atoms with Gasteiger partial charge < -0.3 is 15.4 Å². The lowest BCUT2D eigenvalue weighted by molar-refractivity contribution is -0.130. The Kier molecular flexibility index (Phi) is 6.59. The van der Waals surface area contributed by atoms with Gasteiger partial charge in [0.1, 0.15) is 17.4 Å². The average Bonchev–Trinajstić information content (AvgIpc) is 3.16. The molecule has 1 aromatic carbocycles. The molecule has 0 bridgehead atoms. The van der Waals surface area contributed by atoms with Gasteiger partial charge in [0.2, 0.25) is 5.91 Å². The molecular formula is C20H27N5O2. The van der Waals surface area contributed by atoms with Gasteiger partial charge in [-0.2, -0.15) is 0 Å². The van der Waals surface area contributed by atoms with Gasteiger partial charge in [0.25, 0.3) is 0 Å². The highest BCUT2D eigenvalue weighted by Crippen LogP contribution is 2.17. The molecule has 0 saturated carbocycles. The normalized spacial score (nSPS) is 16.7. The highest BCUT2D eigenvalue weighted by Gasteiger charge is 2.28. The second-order valence-corrected chi connectivity index (χ2v) is 6.86. The molecule has 2 N–H and O–H groups in total. The number of likely N-dealkylation sites (tertiary alicyclic amines) is 1. The molecule has 1 atom stereocenters. The van der Waals surface area contributed by atoms with Gasteiger partial charge in [0, 0.05) is 31.7 Å². The van der Waals surface area contributed by atoms with Gasteiger partial charge in [-0.05, 0) is 38.1 Å². The number of ether oxygens (including phenoxy) is 1. The van der Waals surface area contributed by atoms with E-state index in [-0.39, 0.29) is 5.91 Å². The van der Waals surface area contributed by atoms with Crippen LogP contribution in [0.4, 0.5) is 5.82 Å². The molecule has 27 heavy (non-hydrogen) atoms. The van der Waals surface area contributed by atoms with Gasteiger partial charge in [-0.3, -0.25) is 9.69 Å². The van der Waals surface area contributed by atoms with E-state index in [1.807, 2.05) is 42.3 Å². The van der Waals surface area contributed by atoms with Crippen molar-refractivity contribution in [3.05, 3.63) is 48.4 Å². The maximum atomic E-state index is 12.4. The van der Waals surface area contributed by atoms with Crippen molar-refractivity contribution in [3.8, 4) is 5.75 Å². The van der Waals surface area contributed by atoms with Gasteiger partial charge in [0.15, 0.2) is 0 Å². The van der Waals surface area contributed by atoms with Gasteiger partial charge >= 0.3 is 0 Å². The summed E-state index contributed by atoms with van der Waals surface area (Å²) < 4.78 is 5.65. The minimum Gasteiger partial charge on any atom is -0.494 e. The molecule has 7 nitrogen and oxygen atoms in total. The minimum atomic E-state index is 0.197. The molecule has 1 saturated heterocycles. The molecule has 1 aromatic heterocycles. The van der Waals surface area contributed by atoms with Crippen molar-refractivity contribution in [1.29, 1.82) is 0 Å². The molecule has 1 aliphatic rings. The number of anilines is 1. The molecule has 0 unspecified atom stereocenters. The summed E-state index contributed by atoms with van der Waals surface area (Å²) in [7, 11) is 2.04. The first-order valence-corrected chi connectivity index (χ1v) is 9.35. The van der Waals surface area contributed by atoms with E-state index in [1.54, 1.807) is 12.3 Å². The highest BCUT2D eigenvalue weighted by atomic mass is 16.5. The molecule has 2 heterocycles. The van der Waals surface area contributed by atoms with Crippen LogP contribution in [0.25, 0.3) is 0 Å². The lowest BCUT2D eigenvalue weighted by Gasteiger charge is -2.24. The van der Waals surface area contributed by atoms with E-state index in [9.17, 15) is 4.79 Å². The molecule has 0 spiro atoms. The second kappa shape index (κ2) is 9.32. The number of hydrogen-bond acceptors (Lipinski definition) is 6. The fraction of sp³-hybridized carbons (Fsp3) is 0.450. The summed E-state index contributed by atoms with van der Waals surface area (Å²) in [5.74, 6) is 2.23. The van der Waals surface area contributed by atoms with E-state index in [0.717, 1.165) is 31.7 Å². The molecular weight excluding hydrogens is 342 g/mol. The van der Waals surface area contributed by atoms with Gasteiger partial charge in [-0.1, -0.05) is 18.2 Å². The van der Waals surface area contributed by atoms with Crippen LogP contribution in [-0.2, 0) is 11.3 Å². The zero-order valence-corrected chi connectivity index (χ0v) is 15.8. The standard InChI is InChI=1S/C20H27N5O2/c1-24(15-19-22-11-9-18(21)23-19)16-10-12-25(14-16)20(26)8-5-13-27-17-6-3-2-4-7-17/h2-4,6-7,9,11,16H,5,8,10,12-15H2,1H3,(H2,21,22,23)/t16-/m0/s1. The number of nitrogen functional groups attached to an aromatic ring is 1. The van der Waals surface area contributed by atoms with E-state index < -0.39 is 0 Å². The molecule has 1 aliphatic heterocycles. The van der Waals surface area contributed by atoms with Crippen molar-refractivity contribution in [2.45, 2.75) is 31.8 Å². The fourth-order valence-electron chi connectivity index (χ4n) is 3.26. The second-order valence-electron chi connectivity index (χ2n) is 6.86. The van der Waals surface area contributed by atoms with Gasteiger partial charge in [0.05, 0.1) is 13.2 Å². The summed E-state index contributed by atoms with van der Waals surface area (Å²) in [6, 6.07) is 11.7. The number of carbonyl (C=O) groups excluding carboxylic acids is 1. The van der Waals surface area contributed by atoms with E-state index >= 15 is 0 Å². The summed E-state index contributed by atoms with van der Waals surface area (Å²) in [5, 5.41) is 0. The Labute approximate surface area is 160 Å². The van der Waals surface area contributed by atoms with Crippen LogP contribution < -0.4 is 10.5 Å². The lowest BCUT2D eigenvalue weighted by atomic mass is 10.2. The predicted octanol–water partition coefficient (Wildman–Crippen LogP) is 1.95. The summed E-state index contributed by atoms with van der Waals surface area (Å²) in [5.41, 5.74) is 5.71. The van der Waals surface area contributed by atoms with Crippen LogP contribution in [0.15, 0.2) is 42.6 Å². The van der Waals surface area contributed by atoms with E-state index in [1.165, 1.54) is 0 Å². The summed E-state index contributed by atoms with van der Waals surface area (Å²) in [6.45, 7) is 2.73. The number of nitrogens with zero attached hydrogens (tertiary/aromatic N) is 4. The van der Waals surface area contributed by atoms with Crippen LogP contribution in [0, 0.1) is 0 Å². The monoisotopic (exact) mass is 369 g/mol. The number of aromatic nitrogens is 2. The van der Waals surface area contributed by atoms with E-state index in [0.29, 0.717) is 37.3 Å². The Balaban J connectivity index is 1.38. The molecule has 1 amide bonds. The minimum absolute atomic E-state index is 0.197. The third kappa shape index (κ3) is 5.65. The number of rotatable bonds is 8. The number of likely N-dealkylation sites (N-methyl/N-ethyl adjacent to an activating group) is 1. The van der Waals surface area contributed by atoms with Crippen molar-refractivity contribution in [3.63, 3.8) is 0 Å². The maximum Gasteiger partial charge on any atom is 0.222 e. The SMILES string of the molecule is CN(Cc1nccc(N)n1)[C@H]1CCN(C(=O)CCCOc2ccccc2)C1. The largest absolute Gasteiger partial charge is 0.494 e. The Morgan fingerprint density at radius 2 is 2.15 bits per heavy atom. The number of hydrogen-bond donors (Lipinski definition) is 1. The zero-order valence-electron chi connectivity index (χ0n) is 15.8. The average molecular weight is 369 g/mol. The number of carbonyl (C=O) groups is 1. The summed E-state index contributed by atoms with van der Waals surface area (Å²) >= 11 is 0. The quantitative estimate of drug-likeness (QED) is 0.716. The number of nitrogens with two attached hydrogens (primary N) is 1. The Hall–Kier alpha value is -2.67. The molecule has 0 radical (unpaired) electrons. The van der Waals surface area contributed by atoms with Crippen LogP contribution in [0.5, 0.6) is 5.75 Å². The van der Waals surface area contributed by atoms with Crippen LogP contribution >= 0.6 is 0 Å². The van der Waals surface area contributed by atoms with Crippen LogP contribution in [0.1, 0.15) is 25.1 Å². The van der Waals surface area contributed by atoms with Gasteiger partial charge in [-0.15, -0.1) is 0 Å². The Morgan fingerprint density at radius 3 is 2.93 bits per heavy atom. The van der Waals surface area contributed by atoms with Crippen LogP contribution in [0.2, 0.25) is 0 Å². The first-order chi connectivity index (χ1) is 13.1. The zero-order chi connectivity index (χ0) is 19.1. The molecule has 2 aromatic rings. The maximum absolute atomic E-state index is 12.4. The summed E-state index contributed by atoms with van der Waals surface area (Å²) in [4.78, 5) is 25.1. The van der Waals surface area contributed by atoms with Crippen molar-refractivity contribution in [1.82, 2.24) is 19.8 Å². The topological polar surface area (TPSA) is 84.6 Å². The number of amides is 1. The van der Waals surface area contributed by atoms with Crippen molar-refractivity contribution in [2.24, 2.45) is 0 Å². The number of benzene rings is 1. The van der Waals surface area contributed by atoms with Crippen LogP contribution in [0.3, 0.4) is 0 Å². The smallest absolute Gasteiger partial charge is 0.222 e. The lowest BCUT2D eigenvalue weighted by Crippen LogP contribution is -2.36. The van der Waals surface area contributed by atoms with Gasteiger partial charge in [-0.25, -0.2) is 9.97 Å².